The van der Waals surface area contributed by atoms with Gasteiger partial charge in [0.1, 0.15) is 0 Å². The molecule has 4 nitrogen and oxygen atoms in total. The second-order valence-electron chi connectivity index (χ2n) is 8.76. The molecule has 152 valence electrons. The predicted molar refractivity (Wildman–Crippen MR) is 124 cm³/mol. The van der Waals surface area contributed by atoms with Gasteiger partial charge in [0.15, 0.2) is 0 Å². The Morgan fingerprint density at radius 1 is 1.00 bits per heavy atom. The highest BCUT2D eigenvalue weighted by Gasteiger charge is 2.21. The molecule has 0 saturated heterocycles. The van der Waals surface area contributed by atoms with Crippen LogP contribution in [0, 0.1) is 13.8 Å². The van der Waals surface area contributed by atoms with Crippen LogP contribution in [0.3, 0.4) is 0 Å². The molecule has 0 spiro atoms. The zero-order valence-electron chi connectivity index (χ0n) is 18.2. The van der Waals surface area contributed by atoms with Crippen LogP contribution in [0.5, 0.6) is 0 Å². The van der Waals surface area contributed by atoms with Crippen molar-refractivity contribution in [3.8, 4) is 11.3 Å². The van der Waals surface area contributed by atoms with E-state index in [1.807, 2.05) is 6.20 Å². The molecule has 1 N–H and O–H groups in total. The molecule has 0 bridgehead atoms. The third-order valence-corrected chi connectivity index (χ3v) is 6.38. The Morgan fingerprint density at radius 3 is 2.67 bits per heavy atom. The van der Waals surface area contributed by atoms with Gasteiger partial charge in [-0.1, -0.05) is 38.1 Å². The monoisotopic (exact) mass is 396 g/mol. The van der Waals surface area contributed by atoms with E-state index < -0.39 is 0 Å². The van der Waals surface area contributed by atoms with Crippen LogP contribution in [0.1, 0.15) is 47.7 Å². The molecule has 1 aliphatic rings. The van der Waals surface area contributed by atoms with E-state index in [1.165, 1.54) is 39.2 Å². The number of anilines is 1. The fourth-order valence-corrected chi connectivity index (χ4v) is 4.55. The normalized spacial score (nSPS) is 13.8. The van der Waals surface area contributed by atoms with Gasteiger partial charge in [0.2, 0.25) is 0 Å². The van der Waals surface area contributed by atoms with Gasteiger partial charge in [-0.2, -0.15) is 5.10 Å². The van der Waals surface area contributed by atoms with Gasteiger partial charge in [-0.05, 0) is 60.2 Å². The molecule has 0 aliphatic carbocycles. The van der Waals surface area contributed by atoms with Crippen LogP contribution >= 0.6 is 0 Å². The lowest BCUT2D eigenvalue weighted by Crippen LogP contribution is -2.31. The van der Waals surface area contributed by atoms with Gasteiger partial charge in [0.05, 0.1) is 17.4 Å². The van der Waals surface area contributed by atoms with Gasteiger partial charge in [-0.15, -0.1) is 0 Å². The molecule has 5 rings (SSSR count). The third-order valence-electron chi connectivity index (χ3n) is 6.38. The molecule has 1 aliphatic heterocycles. The number of nitrogens with zero attached hydrogens (tertiary/aromatic N) is 3. The first kappa shape index (κ1) is 18.9. The summed E-state index contributed by atoms with van der Waals surface area (Å²) in [5.74, 6) is 0.541. The number of nitrogens with one attached hydrogen (secondary N) is 1. The number of H-pyrrole nitrogens is 1. The first-order chi connectivity index (χ1) is 14.5. The maximum atomic E-state index is 5.10. The molecule has 30 heavy (non-hydrogen) atoms. The van der Waals surface area contributed by atoms with E-state index in [9.17, 15) is 0 Å². The van der Waals surface area contributed by atoms with Crippen LogP contribution in [-0.4, -0.2) is 21.7 Å². The van der Waals surface area contributed by atoms with E-state index in [0.29, 0.717) is 5.92 Å². The lowest BCUT2D eigenvalue weighted by atomic mass is 9.97. The Labute approximate surface area is 178 Å². The Hall–Kier alpha value is -3.14. The molecule has 0 radical (unpaired) electrons. The molecule has 0 fully saturated rings. The lowest BCUT2D eigenvalue weighted by molar-refractivity contribution is 0.710. The van der Waals surface area contributed by atoms with E-state index in [1.54, 1.807) is 0 Å². The van der Waals surface area contributed by atoms with Crippen molar-refractivity contribution in [3.63, 3.8) is 0 Å². The van der Waals surface area contributed by atoms with Crippen molar-refractivity contribution in [1.29, 1.82) is 0 Å². The van der Waals surface area contributed by atoms with Crippen LogP contribution in [-0.2, 0) is 13.0 Å². The summed E-state index contributed by atoms with van der Waals surface area (Å²) in [4.78, 5) is 7.61. The van der Waals surface area contributed by atoms with Gasteiger partial charge in [0, 0.05) is 41.8 Å². The van der Waals surface area contributed by atoms with E-state index in [0.717, 1.165) is 36.1 Å². The summed E-state index contributed by atoms with van der Waals surface area (Å²) in [5.41, 5.74) is 11.2. The minimum Gasteiger partial charge on any atom is -0.367 e. The molecule has 3 heterocycles. The van der Waals surface area contributed by atoms with Crippen LogP contribution in [0.25, 0.3) is 22.2 Å². The third kappa shape index (κ3) is 3.17. The van der Waals surface area contributed by atoms with Gasteiger partial charge in [-0.3, -0.25) is 10.1 Å². The fraction of sp³-hybridized carbons (Fsp3) is 0.308. The number of benzene rings is 2. The van der Waals surface area contributed by atoms with E-state index in [4.69, 9.17) is 4.98 Å². The fourth-order valence-electron chi connectivity index (χ4n) is 4.55. The highest BCUT2D eigenvalue weighted by atomic mass is 15.1. The van der Waals surface area contributed by atoms with Crippen molar-refractivity contribution >= 4 is 16.6 Å². The Kier molecular flexibility index (Phi) is 4.58. The summed E-state index contributed by atoms with van der Waals surface area (Å²) in [6, 6.07) is 15.6. The van der Waals surface area contributed by atoms with Crippen LogP contribution < -0.4 is 4.90 Å². The summed E-state index contributed by atoms with van der Waals surface area (Å²) < 4.78 is 0. The summed E-state index contributed by atoms with van der Waals surface area (Å²) in [7, 11) is 0. The standard InChI is InChI=1S/C26H28N4/c1-16(2)19-7-5-17(3)25(13-19)30-12-11-22-20(15-30)8-10-24(28-22)26-18(4)6-9-23-21(26)14-27-29-23/h5-10,13-14,16H,11-12,15H2,1-4H3,(H,27,29). The van der Waals surface area contributed by atoms with Gasteiger partial charge >= 0.3 is 0 Å². The van der Waals surface area contributed by atoms with Crippen LogP contribution in [0.4, 0.5) is 5.69 Å². The quantitative estimate of drug-likeness (QED) is 0.467. The molecule has 0 saturated carbocycles. The van der Waals surface area contributed by atoms with Crippen molar-refractivity contribution < 1.29 is 0 Å². The summed E-state index contributed by atoms with van der Waals surface area (Å²) in [6.45, 7) is 10.8. The Balaban J connectivity index is 1.49. The SMILES string of the molecule is Cc1ccc(C(C)C)cc1N1CCc2nc(-c3c(C)ccc4[nH]ncc34)ccc2C1. The maximum absolute atomic E-state index is 5.10. The predicted octanol–water partition coefficient (Wildman–Crippen LogP) is 5.93. The Bertz CT molecular complexity index is 1240. The van der Waals surface area contributed by atoms with Crippen molar-refractivity contribution in [3.05, 3.63) is 76.6 Å². The smallest absolute Gasteiger partial charge is 0.0715 e. The summed E-state index contributed by atoms with van der Waals surface area (Å²) in [5, 5.41) is 8.44. The van der Waals surface area contributed by atoms with Crippen LogP contribution in [0.2, 0.25) is 0 Å². The highest BCUT2D eigenvalue weighted by molar-refractivity contribution is 5.95. The first-order valence-electron chi connectivity index (χ1n) is 10.8. The van der Waals surface area contributed by atoms with E-state index >= 15 is 0 Å². The molecule has 2 aromatic carbocycles. The number of pyridine rings is 1. The van der Waals surface area contributed by atoms with E-state index in [2.05, 4.69) is 85.3 Å². The number of rotatable bonds is 3. The van der Waals surface area contributed by atoms with Crippen molar-refractivity contribution in [2.75, 3.05) is 11.4 Å². The zero-order chi connectivity index (χ0) is 20.8. The number of aromatic amines is 1. The molecule has 0 unspecified atom stereocenters. The number of hydrogen-bond donors (Lipinski definition) is 1. The summed E-state index contributed by atoms with van der Waals surface area (Å²) >= 11 is 0. The second-order valence-corrected chi connectivity index (χ2v) is 8.76. The number of aryl methyl sites for hydroxylation is 2. The molecule has 2 aromatic heterocycles. The van der Waals surface area contributed by atoms with Crippen molar-refractivity contribution in [2.24, 2.45) is 0 Å². The molecular weight excluding hydrogens is 368 g/mol. The van der Waals surface area contributed by atoms with Crippen molar-refractivity contribution in [1.82, 2.24) is 15.2 Å². The van der Waals surface area contributed by atoms with Crippen molar-refractivity contribution in [2.45, 2.75) is 46.6 Å². The minimum absolute atomic E-state index is 0.541. The van der Waals surface area contributed by atoms with Gasteiger partial charge in [-0.25, -0.2) is 0 Å². The van der Waals surface area contributed by atoms with Gasteiger partial charge in [0.25, 0.3) is 0 Å². The summed E-state index contributed by atoms with van der Waals surface area (Å²) in [6.07, 6.45) is 2.87. The number of fused-ring (bicyclic) bond motifs is 2. The largest absolute Gasteiger partial charge is 0.367 e. The molecular formula is C26H28N4. The highest BCUT2D eigenvalue weighted by Crippen LogP contribution is 2.33. The van der Waals surface area contributed by atoms with Crippen LogP contribution in [0.15, 0.2) is 48.7 Å². The topological polar surface area (TPSA) is 44.8 Å². The Morgan fingerprint density at radius 2 is 1.83 bits per heavy atom. The first-order valence-corrected chi connectivity index (χ1v) is 10.8. The second kappa shape index (κ2) is 7.28. The molecule has 4 heteroatoms. The maximum Gasteiger partial charge on any atom is 0.0715 e. The lowest BCUT2D eigenvalue weighted by Gasteiger charge is -2.32. The molecule has 4 aromatic rings. The average Bonchev–Trinajstić information content (AvgIpc) is 3.22. The average molecular weight is 397 g/mol. The molecule has 0 amide bonds. The number of aromatic nitrogens is 3. The minimum atomic E-state index is 0.541. The van der Waals surface area contributed by atoms with Gasteiger partial charge < -0.3 is 4.90 Å². The molecule has 0 atom stereocenters. The number of hydrogen-bond acceptors (Lipinski definition) is 3. The van der Waals surface area contributed by atoms with E-state index in [-0.39, 0.29) is 0 Å². The zero-order valence-corrected chi connectivity index (χ0v) is 18.2.